The number of carbonyl (C=O) groups is 1. The van der Waals surface area contributed by atoms with Crippen LogP contribution < -0.4 is 0 Å². The Kier molecular flexibility index (Phi) is 3.99. The van der Waals surface area contributed by atoms with Crippen molar-refractivity contribution >= 4 is 21.7 Å². The molecule has 0 aromatic heterocycles. The summed E-state index contributed by atoms with van der Waals surface area (Å²) in [7, 11) is 0. The Bertz CT molecular complexity index is 662. The first kappa shape index (κ1) is 14.8. The first-order chi connectivity index (χ1) is 9.29. The largest absolute Gasteiger partial charge is 0.416 e. The standard InChI is InChI=1S/C15H10BrF3O/c1-9-7-11(15(17,18)19)5-6-13(9)14(20)10-3-2-4-12(16)8-10/h2-8H,1H3. The summed E-state index contributed by atoms with van der Waals surface area (Å²) in [5.41, 5.74) is 0.268. The normalized spacial score (nSPS) is 11.4. The van der Waals surface area contributed by atoms with Gasteiger partial charge in [-0.1, -0.05) is 34.1 Å². The van der Waals surface area contributed by atoms with Crippen LogP contribution in [0.15, 0.2) is 46.9 Å². The minimum atomic E-state index is -4.40. The van der Waals surface area contributed by atoms with Crippen LogP contribution in [0.25, 0.3) is 0 Å². The van der Waals surface area contributed by atoms with Crippen LogP contribution in [-0.4, -0.2) is 5.78 Å². The zero-order valence-corrected chi connectivity index (χ0v) is 12.0. The number of hydrogen-bond donors (Lipinski definition) is 0. The second kappa shape index (κ2) is 5.40. The lowest BCUT2D eigenvalue weighted by Crippen LogP contribution is -2.09. The molecule has 1 nitrogen and oxygen atoms in total. The molecule has 0 spiro atoms. The van der Waals surface area contributed by atoms with Gasteiger partial charge in [0.15, 0.2) is 5.78 Å². The quantitative estimate of drug-likeness (QED) is 0.701. The van der Waals surface area contributed by atoms with Gasteiger partial charge >= 0.3 is 6.18 Å². The highest BCUT2D eigenvalue weighted by molar-refractivity contribution is 9.10. The molecule has 0 heterocycles. The number of rotatable bonds is 2. The molecule has 0 bridgehead atoms. The Labute approximate surface area is 122 Å². The zero-order chi connectivity index (χ0) is 14.9. The molecule has 0 atom stereocenters. The first-order valence-corrected chi connectivity index (χ1v) is 6.56. The highest BCUT2D eigenvalue weighted by atomic mass is 79.9. The van der Waals surface area contributed by atoms with Crippen LogP contribution in [0.3, 0.4) is 0 Å². The predicted octanol–water partition coefficient (Wildman–Crippen LogP) is 5.01. The molecule has 20 heavy (non-hydrogen) atoms. The molecule has 0 aliphatic carbocycles. The van der Waals surface area contributed by atoms with E-state index in [1.165, 1.54) is 13.0 Å². The minimum absolute atomic E-state index is 0.274. The van der Waals surface area contributed by atoms with E-state index in [2.05, 4.69) is 15.9 Å². The maximum atomic E-state index is 12.6. The molecular formula is C15H10BrF3O. The third-order valence-corrected chi connectivity index (χ3v) is 3.38. The summed E-state index contributed by atoms with van der Waals surface area (Å²) < 4.78 is 38.5. The van der Waals surface area contributed by atoms with Gasteiger partial charge in [-0.15, -0.1) is 0 Å². The molecule has 2 aromatic carbocycles. The second-order valence-corrected chi connectivity index (χ2v) is 5.28. The Morgan fingerprint density at radius 3 is 2.35 bits per heavy atom. The van der Waals surface area contributed by atoms with Crippen LogP contribution >= 0.6 is 15.9 Å². The van der Waals surface area contributed by atoms with Crippen molar-refractivity contribution in [1.82, 2.24) is 0 Å². The molecule has 2 aromatic rings. The molecule has 0 saturated carbocycles. The number of carbonyl (C=O) groups excluding carboxylic acids is 1. The van der Waals surface area contributed by atoms with Crippen LogP contribution in [-0.2, 0) is 6.18 Å². The van der Waals surface area contributed by atoms with E-state index in [0.29, 0.717) is 11.1 Å². The lowest BCUT2D eigenvalue weighted by molar-refractivity contribution is -0.137. The van der Waals surface area contributed by atoms with Gasteiger partial charge in [-0.2, -0.15) is 13.2 Å². The summed E-state index contributed by atoms with van der Waals surface area (Å²) in [6.45, 7) is 1.50. The summed E-state index contributed by atoms with van der Waals surface area (Å²) in [6, 6.07) is 9.89. The van der Waals surface area contributed by atoms with Crippen LogP contribution in [0.4, 0.5) is 13.2 Å². The van der Waals surface area contributed by atoms with Crippen LogP contribution in [0.5, 0.6) is 0 Å². The average Bonchev–Trinajstić information content (AvgIpc) is 2.36. The van der Waals surface area contributed by atoms with Gasteiger partial charge in [0.05, 0.1) is 5.56 Å². The van der Waals surface area contributed by atoms with Gasteiger partial charge in [-0.3, -0.25) is 4.79 Å². The second-order valence-electron chi connectivity index (χ2n) is 4.37. The van der Waals surface area contributed by atoms with Crippen LogP contribution in [0, 0.1) is 6.92 Å². The molecule has 0 unspecified atom stereocenters. The third-order valence-electron chi connectivity index (χ3n) is 2.89. The van der Waals surface area contributed by atoms with Gasteiger partial charge in [0.1, 0.15) is 0 Å². The molecule has 5 heteroatoms. The zero-order valence-electron chi connectivity index (χ0n) is 10.5. The van der Waals surface area contributed by atoms with Crippen molar-refractivity contribution in [2.75, 3.05) is 0 Å². The smallest absolute Gasteiger partial charge is 0.289 e. The van der Waals surface area contributed by atoms with Crippen molar-refractivity contribution in [3.63, 3.8) is 0 Å². The molecule has 0 saturated heterocycles. The van der Waals surface area contributed by atoms with Gasteiger partial charge < -0.3 is 0 Å². The van der Waals surface area contributed by atoms with E-state index >= 15 is 0 Å². The lowest BCUT2D eigenvalue weighted by atomic mass is 9.97. The Balaban J connectivity index is 2.41. The third kappa shape index (κ3) is 3.10. The monoisotopic (exact) mass is 342 g/mol. The van der Waals surface area contributed by atoms with Gasteiger partial charge in [-0.25, -0.2) is 0 Å². The first-order valence-electron chi connectivity index (χ1n) is 5.77. The fourth-order valence-electron chi connectivity index (χ4n) is 1.88. The fourth-order valence-corrected chi connectivity index (χ4v) is 2.28. The van der Waals surface area contributed by atoms with E-state index in [-0.39, 0.29) is 11.3 Å². The summed E-state index contributed by atoms with van der Waals surface area (Å²) in [4.78, 5) is 12.3. The number of alkyl halides is 3. The maximum Gasteiger partial charge on any atom is 0.416 e. The van der Waals surface area contributed by atoms with Crippen molar-refractivity contribution in [3.05, 3.63) is 69.2 Å². The predicted molar refractivity (Wildman–Crippen MR) is 73.8 cm³/mol. The van der Waals surface area contributed by atoms with Crippen molar-refractivity contribution in [1.29, 1.82) is 0 Å². The summed E-state index contributed by atoms with van der Waals surface area (Å²) in [5, 5.41) is 0. The Morgan fingerprint density at radius 2 is 1.80 bits per heavy atom. The number of benzene rings is 2. The SMILES string of the molecule is Cc1cc(C(F)(F)F)ccc1C(=O)c1cccc(Br)c1. The van der Waals surface area contributed by atoms with Crippen molar-refractivity contribution in [2.45, 2.75) is 13.1 Å². The molecule has 2 rings (SSSR count). The van der Waals surface area contributed by atoms with Gasteiger partial charge in [0.2, 0.25) is 0 Å². The molecule has 0 N–H and O–H groups in total. The van der Waals surface area contributed by atoms with Crippen molar-refractivity contribution in [3.8, 4) is 0 Å². The number of ketones is 1. The number of halogens is 4. The van der Waals surface area contributed by atoms with Crippen LogP contribution in [0.2, 0.25) is 0 Å². The van der Waals surface area contributed by atoms with Gasteiger partial charge in [0.25, 0.3) is 0 Å². The summed E-state index contributed by atoms with van der Waals surface area (Å²) in [6.07, 6.45) is -4.40. The number of aryl methyl sites for hydroxylation is 1. The van der Waals surface area contributed by atoms with Crippen LogP contribution in [0.1, 0.15) is 27.0 Å². The molecule has 0 radical (unpaired) electrons. The molecule has 0 fully saturated rings. The van der Waals surface area contributed by atoms with Gasteiger partial charge in [0, 0.05) is 15.6 Å². The highest BCUT2D eigenvalue weighted by Gasteiger charge is 2.31. The van der Waals surface area contributed by atoms with Crippen molar-refractivity contribution in [2.24, 2.45) is 0 Å². The van der Waals surface area contributed by atoms with E-state index in [9.17, 15) is 18.0 Å². The van der Waals surface area contributed by atoms with Crippen molar-refractivity contribution < 1.29 is 18.0 Å². The summed E-state index contributed by atoms with van der Waals surface area (Å²) in [5.74, 6) is -0.294. The molecule has 0 amide bonds. The molecule has 104 valence electrons. The topological polar surface area (TPSA) is 17.1 Å². The maximum absolute atomic E-state index is 12.6. The Hall–Kier alpha value is -1.62. The van der Waals surface area contributed by atoms with E-state index in [1.807, 2.05) is 0 Å². The minimum Gasteiger partial charge on any atom is -0.289 e. The van der Waals surface area contributed by atoms with E-state index < -0.39 is 11.7 Å². The van der Waals surface area contributed by atoms with E-state index in [1.54, 1.807) is 24.3 Å². The average molecular weight is 343 g/mol. The molecular weight excluding hydrogens is 333 g/mol. The fraction of sp³-hybridized carbons (Fsp3) is 0.133. The van der Waals surface area contributed by atoms with E-state index in [4.69, 9.17) is 0 Å². The number of hydrogen-bond acceptors (Lipinski definition) is 1. The highest BCUT2D eigenvalue weighted by Crippen LogP contribution is 2.31. The molecule has 0 aliphatic rings. The van der Waals surface area contributed by atoms with E-state index in [0.717, 1.165) is 16.6 Å². The summed E-state index contributed by atoms with van der Waals surface area (Å²) >= 11 is 3.26. The molecule has 0 aliphatic heterocycles. The Morgan fingerprint density at radius 1 is 1.10 bits per heavy atom. The van der Waals surface area contributed by atoms with Gasteiger partial charge in [-0.05, 0) is 36.8 Å². The lowest BCUT2D eigenvalue weighted by Gasteiger charge is -2.10.